The summed E-state index contributed by atoms with van der Waals surface area (Å²) in [5.41, 5.74) is 7.16. The Hall–Kier alpha value is -3.73. The molecule has 198 valence electrons. The number of benzene rings is 1. The van der Waals surface area contributed by atoms with Crippen LogP contribution in [-0.2, 0) is 27.4 Å². The third-order valence-electron chi connectivity index (χ3n) is 6.20. The van der Waals surface area contributed by atoms with E-state index in [1.54, 1.807) is 31.7 Å². The lowest BCUT2D eigenvalue weighted by molar-refractivity contribution is -0.157. The molecule has 3 aromatic rings. The van der Waals surface area contributed by atoms with Crippen molar-refractivity contribution in [3.63, 3.8) is 0 Å². The van der Waals surface area contributed by atoms with Gasteiger partial charge in [0.05, 0.1) is 12.9 Å². The summed E-state index contributed by atoms with van der Waals surface area (Å²) in [4.78, 5) is 41.3. The Kier molecular flexibility index (Phi) is 8.22. The molecule has 0 saturated carbocycles. The Morgan fingerprint density at radius 3 is 2.54 bits per heavy atom. The van der Waals surface area contributed by atoms with Gasteiger partial charge in [0.15, 0.2) is 17.0 Å². The highest BCUT2D eigenvalue weighted by molar-refractivity contribution is 5.84. The molecule has 1 amide bonds. The molecule has 4 rings (SSSR count). The van der Waals surface area contributed by atoms with Gasteiger partial charge in [0, 0.05) is 13.1 Å². The maximum atomic E-state index is 13.0. The summed E-state index contributed by atoms with van der Waals surface area (Å²) < 4.78 is 12.6. The van der Waals surface area contributed by atoms with Crippen LogP contribution in [0.3, 0.4) is 0 Å². The minimum Gasteiger partial charge on any atom is -0.458 e. The lowest BCUT2D eigenvalue weighted by atomic mass is 9.97. The maximum absolute atomic E-state index is 13.0. The van der Waals surface area contributed by atoms with Crippen molar-refractivity contribution in [2.24, 2.45) is 11.7 Å². The van der Waals surface area contributed by atoms with Gasteiger partial charge in [0.25, 0.3) is 0 Å². The van der Waals surface area contributed by atoms with E-state index in [9.17, 15) is 9.59 Å². The van der Waals surface area contributed by atoms with Gasteiger partial charge in [-0.2, -0.15) is 0 Å². The van der Waals surface area contributed by atoms with Crippen LogP contribution in [0.15, 0.2) is 43.0 Å². The highest BCUT2D eigenvalue weighted by atomic mass is 16.6. The first-order valence-corrected chi connectivity index (χ1v) is 12.5. The number of aromatic nitrogens is 4. The first kappa shape index (κ1) is 26.3. The van der Waals surface area contributed by atoms with Crippen LogP contribution in [0.2, 0.25) is 0 Å². The van der Waals surface area contributed by atoms with Crippen molar-refractivity contribution in [1.82, 2.24) is 24.8 Å². The van der Waals surface area contributed by atoms with E-state index in [0.717, 1.165) is 37.3 Å². The van der Waals surface area contributed by atoms with E-state index in [2.05, 4.69) is 25.2 Å². The zero-order valence-electron chi connectivity index (χ0n) is 21.6. The van der Waals surface area contributed by atoms with Gasteiger partial charge >= 0.3 is 12.1 Å². The van der Waals surface area contributed by atoms with Gasteiger partial charge in [-0.25, -0.2) is 24.5 Å². The maximum Gasteiger partial charge on any atom is 0.408 e. The molecule has 0 radical (unpaired) electrons. The summed E-state index contributed by atoms with van der Waals surface area (Å²) in [5.74, 6) is 0.695. The Morgan fingerprint density at radius 1 is 1.14 bits per heavy atom. The van der Waals surface area contributed by atoms with Gasteiger partial charge in [-0.05, 0) is 51.6 Å². The molecule has 11 nitrogen and oxygen atoms in total. The van der Waals surface area contributed by atoms with Crippen LogP contribution in [-0.4, -0.2) is 62.9 Å². The lowest BCUT2D eigenvalue weighted by Gasteiger charge is -2.32. The van der Waals surface area contributed by atoms with Crippen molar-refractivity contribution in [3.8, 4) is 0 Å². The first-order chi connectivity index (χ1) is 17.7. The molecular formula is C26H35N7O4. The Labute approximate surface area is 216 Å². The van der Waals surface area contributed by atoms with Gasteiger partial charge in [-0.1, -0.05) is 30.3 Å². The van der Waals surface area contributed by atoms with E-state index in [-0.39, 0.29) is 13.2 Å². The monoisotopic (exact) mass is 509 g/mol. The number of carbonyl (C=O) groups excluding carboxylic acids is 2. The van der Waals surface area contributed by atoms with Crippen LogP contribution in [0, 0.1) is 5.92 Å². The molecule has 11 heteroatoms. The number of fused-ring (bicyclic) bond motifs is 1. The second-order valence-corrected chi connectivity index (χ2v) is 10.2. The standard InChI is InChI=1S/C26H35N7O4/c1-26(2,3)37-24(34)20(31-25(35)36-15-19-7-5-4-6-8-19)14-33-17-30-21-22(28-16-29-23(21)33)32-11-9-18(13-27)10-12-32/h4-8,16-18,20H,9-15,27H2,1-3H3,(H,31,35)/t20-/m0/s1. The SMILES string of the molecule is CC(C)(C)OC(=O)[C@H](Cn1cnc2c(N3CCC(CN)CC3)ncnc21)NC(=O)OCc1ccccc1. The molecule has 3 N–H and O–H groups in total. The number of hydrogen-bond donors (Lipinski definition) is 2. The average Bonchev–Trinajstić information content (AvgIpc) is 3.29. The highest BCUT2D eigenvalue weighted by Gasteiger charge is 2.29. The first-order valence-electron chi connectivity index (χ1n) is 12.5. The number of nitrogens with zero attached hydrogens (tertiary/aromatic N) is 5. The number of nitrogens with two attached hydrogens (primary N) is 1. The van der Waals surface area contributed by atoms with Crippen LogP contribution in [0.1, 0.15) is 39.2 Å². The van der Waals surface area contributed by atoms with Gasteiger partial charge in [0.1, 0.15) is 24.6 Å². The number of amides is 1. The second kappa shape index (κ2) is 11.5. The second-order valence-electron chi connectivity index (χ2n) is 10.2. The summed E-state index contributed by atoms with van der Waals surface area (Å²) in [6.45, 7) is 7.85. The molecule has 0 unspecified atom stereocenters. The largest absolute Gasteiger partial charge is 0.458 e. The van der Waals surface area contributed by atoms with Crippen LogP contribution < -0.4 is 16.0 Å². The normalized spacial score (nSPS) is 15.4. The third-order valence-corrected chi connectivity index (χ3v) is 6.20. The Bertz CT molecular complexity index is 1200. The summed E-state index contributed by atoms with van der Waals surface area (Å²) in [6.07, 6.45) is 4.37. The number of anilines is 1. The van der Waals surface area contributed by atoms with Gasteiger partial charge in [0.2, 0.25) is 0 Å². The molecule has 1 saturated heterocycles. The molecule has 0 aliphatic carbocycles. The van der Waals surface area contributed by atoms with Crippen molar-refractivity contribution >= 4 is 29.0 Å². The molecule has 0 spiro atoms. The highest BCUT2D eigenvalue weighted by Crippen LogP contribution is 2.26. The van der Waals surface area contributed by atoms with Crippen LogP contribution in [0.25, 0.3) is 11.2 Å². The number of esters is 1. The van der Waals surface area contributed by atoms with Crippen molar-refractivity contribution in [1.29, 1.82) is 0 Å². The molecule has 0 bridgehead atoms. The predicted octanol–water partition coefficient (Wildman–Crippen LogP) is 2.64. The van der Waals surface area contributed by atoms with Crippen LogP contribution >= 0.6 is 0 Å². The number of rotatable bonds is 8. The van der Waals surface area contributed by atoms with E-state index < -0.39 is 23.7 Å². The summed E-state index contributed by atoms with van der Waals surface area (Å²) in [7, 11) is 0. The fraction of sp³-hybridized carbons (Fsp3) is 0.500. The lowest BCUT2D eigenvalue weighted by Crippen LogP contribution is -2.46. The smallest absolute Gasteiger partial charge is 0.408 e. The molecule has 37 heavy (non-hydrogen) atoms. The predicted molar refractivity (Wildman–Crippen MR) is 139 cm³/mol. The number of alkyl carbamates (subject to hydrolysis) is 1. The third kappa shape index (κ3) is 6.94. The molecule has 1 aromatic carbocycles. The zero-order valence-corrected chi connectivity index (χ0v) is 21.6. The summed E-state index contributed by atoms with van der Waals surface area (Å²) >= 11 is 0. The number of ether oxygens (including phenoxy) is 2. The number of piperidine rings is 1. The number of nitrogens with one attached hydrogen (secondary N) is 1. The molecule has 1 aliphatic rings. The molecule has 1 atom stereocenters. The number of hydrogen-bond acceptors (Lipinski definition) is 9. The van der Waals surface area contributed by atoms with E-state index in [4.69, 9.17) is 15.2 Å². The van der Waals surface area contributed by atoms with Crippen LogP contribution in [0.5, 0.6) is 0 Å². The number of imidazole rings is 1. The van der Waals surface area contributed by atoms with Crippen molar-refractivity contribution in [2.75, 3.05) is 24.5 Å². The minimum atomic E-state index is -1.02. The van der Waals surface area contributed by atoms with E-state index >= 15 is 0 Å². The van der Waals surface area contributed by atoms with Gasteiger partial charge in [-0.15, -0.1) is 0 Å². The van der Waals surface area contributed by atoms with E-state index in [0.29, 0.717) is 23.6 Å². The summed E-state index contributed by atoms with van der Waals surface area (Å²) in [5, 5.41) is 2.65. The molecule has 1 aliphatic heterocycles. The topological polar surface area (TPSA) is 137 Å². The molecular weight excluding hydrogens is 474 g/mol. The van der Waals surface area contributed by atoms with Crippen molar-refractivity contribution < 1.29 is 19.1 Å². The quantitative estimate of drug-likeness (QED) is 0.439. The average molecular weight is 510 g/mol. The molecule has 2 aromatic heterocycles. The fourth-order valence-corrected chi connectivity index (χ4v) is 4.27. The van der Waals surface area contributed by atoms with Gasteiger partial charge in [-0.3, -0.25) is 0 Å². The van der Waals surface area contributed by atoms with Crippen molar-refractivity contribution in [3.05, 3.63) is 48.5 Å². The number of carbonyl (C=O) groups is 2. The molecule has 1 fully saturated rings. The Morgan fingerprint density at radius 2 is 1.86 bits per heavy atom. The van der Waals surface area contributed by atoms with E-state index in [1.165, 1.54) is 6.33 Å². The minimum absolute atomic E-state index is 0.0670. The summed E-state index contributed by atoms with van der Waals surface area (Å²) in [6, 6.07) is 8.30. The zero-order chi connectivity index (χ0) is 26.4. The Balaban J connectivity index is 1.51. The van der Waals surface area contributed by atoms with Gasteiger partial charge < -0.3 is 30.0 Å². The molecule has 3 heterocycles. The van der Waals surface area contributed by atoms with Crippen molar-refractivity contribution in [2.45, 2.75) is 58.4 Å². The van der Waals surface area contributed by atoms with Crippen LogP contribution in [0.4, 0.5) is 10.6 Å². The van der Waals surface area contributed by atoms with E-state index in [1.807, 2.05) is 30.3 Å². The fourth-order valence-electron chi connectivity index (χ4n) is 4.27.